The maximum Gasteiger partial charge on any atom is 0.245 e. The van der Waals surface area contributed by atoms with E-state index in [0.717, 1.165) is 43.8 Å². The number of piperidine rings is 1. The van der Waals surface area contributed by atoms with Gasteiger partial charge in [-0.3, -0.25) is 9.79 Å². The number of nitrogens with zero attached hydrogens (tertiary/aromatic N) is 3. The molecule has 1 saturated heterocycles. The van der Waals surface area contributed by atoms with Gasteiger partial charge in [0.1, 0.15) is 11.9 Å². The van der Waals surface area contributed by atoms with Gasteiger partial charge >= 0.3 is 0 Å². The van der Waals surface area contributed by atoms with E-state index in [1.807, 2.05) is 17.9 Å². The van der Waals surface area contributed by atoms with Gasteiger partial charge in [0.05, 0.1) is 11.1 Å². The van der Waals surface area contributed by atoms with Crippen LogP contribution in [0, 0.1) is 0 Å². The number of anilines is 1. The van der Waals surface area contributed by atoms with Crippen molar-refractivity contribution in [3.05, 3.63) is 53.2 Å². The Kier molecular flexibility index (Phi) is 6.16. The van der Waals surface area contributed by atoms with Crippen molar-refractivity contribution in [2.24, 2.45) is 4.99 Å². The highest BCUT2D eigenvalue weighted by Crippen LogP contribution is 2.27. The molecule has 5 nitrogen and oxygen atoms in total. The molecule has 0 saturated carbocycles. The highest BCUT2D eigenvalue weighted by atomic mass is 35.5. The molecule has 0 aromatic heterocycles. The molecule has 0 bridgehead atoms. The van der Waals surface area contributed by atoms with Gasteiger partial charge in [-0.05, 0) is 49.1 Å². The number of hydrogen-bond acceptors (Lipinski definition) is 4. The van der Waals surface area contributed by atoms with Crippen LogP contribution in [0.15, 0.2) is 52.6 Å². The molecule has 1 fully saturated rings. The Labute approximate surface area is 182 Å². The lowest BCUT2D eigenvalue weighted by Crippen LogP contribution is -2.48. The molecule has 3 heterocycles. The molecule has 1 N–H and O–H groups in total. The van der Waals surface area contributed by atoms with Crippen LogP contribution in [0.2, 0.25) is 0 Å². The molecule has 2 unspecified atom stereocenters. The largest absolute Gasteiger partial charge is 0.371 e. The van der Waals surface area contributed by atoms with Gasteiger partial charge in [0, 0.05) is 36.9 Å². The van der Waals surface area contributed by atoms with Crippen LogP contribution in [-0.4, -0.2) is 47.2 Å². The third kappa shape index (κ3) is 4.46. The first-order valence-corrected chi connectivity index (χ1v) is 11.0. The average molecular weight is 433 g/mol. The Bertz CT molecular complexity index is 841. The van der Waals surface area contributed by atoms with Gasteiger partial charge < -0.3 is 15.1 Å². The Hall–Kier alpha value is -1.98. The number of halogens is 2. The maximum atomic E-state index is 13.0. The Morgan fingerprint density at radius 2 is 1.93 bits per heavy atom. The molecule has 154 valence electrons. The van der Waals surface area contributed by atoms with Gasteiger partial charge in [-0.25, -0.2) is 0 Å². The minimum absolute atomic E-state index is 0.0279. The van der Waals surface area contributed by atoms with E-state index in [1.165, 1.54) is 5.69 Å². The predicted molar refractivity (Wildman–Crippen MR) is 120 cm³/mol. The molecule has 1 aromatic carbocycles. The zero-order chi connectivity index (χ0) is 20.4. The third-order valence-electron chi connectivity index (χ3n) is 5.76. The molecule has 1 amide bonds. The fraction of sp³-hybridized carbons (Fsp3) is 0.455. The lowest BCUT2D eigenvalue weighted by atomic mass is 10.1. The number of fused-ring (bicyclic) bond motifs is 1. The summed E-state index contributed by atoms with van der Waals surface area (Å²) in [6.45, 7) is 4.53. The summed E-state index contributed by atoms with van der Waals surface area (Å²) in [5, 5.41) is 3.98. The predicted octanol–water partition coefficient (Wildman–Crippen LogP) is 4.02. The molecule has 29 heavy (non-hydrogen) atoms. The summed E-state index contributed by atoms with van der Waals surface area (Å²) in [4.78, 5) is 21.9. The quantitative estimate of drug-likeness (QED) is 0.714. The molecule has 1 aromatic rings. The van der Waals surface area contributed by atoms with E-state index in [0.29, 0.717) is 17.0 Å². The van der Waals surface area contributed by atoms with Crippen molar-refractivity contribution in [1.29, 1.82) is 0 Å². The summed E-state index contributed by atoms with van der Waals surface area (Å²) in [5.41, 5.74) is 2.29. The standard InChI is InChI=1S/C22H26Cl2N4O/c1-2-19-21(28-14-17(24)5-8-20(28)26-19)22(29)25-13-15-3-6-18(7-4-15)27-11-9-16(23)10-12-27/h3-8,14,16,19,21H,2,9-13H2,1H3,(H,25,29). The number of aliphatic imine (C=N–C) groups is 1. The Morgan fingerprint density at radius 3 is 2.62 bits per heavy atom. The lowest BCUT2D eigenvalue weighted by molar-refractivity contribution is -0.124. The molecule has 7 heteroatoms. The zero-order valence-electron chi connectivity index (χ0n) is 16.5. The van der Waals surface area contributed by atoms with E-state index in [-0.39, 0.29) is 18.0 Å². The highest BCUT2D eigenvalue weighted by Gasteiger charge is 2.39. The van der Waals surface area contributed by atoms with Crippen LogP contribution < -0.4 is 10.2 Å². The second-order valence-corrected chi connectivity index (χ2v) is 8.76. The smallest absolute Gasteiger partial charge is 0.245 e. The number of amides is 1. The zero-order valence-corrected chi connectivity index (χ0v) is 18.0. The molecule has 3 aliphatic rings. The second kappa shape index (κ2) is 8.80. The number of carbonyl (C=O) groups is 1. The second-order valence-electron chi connectivity index (χ2n) is 7.71. The van der Waals surface area contributed by atoms with Crippen LogP contribution in [0.25, 0.3) is 0 Å². The molecule has 0 radical (unpaired) electrons. The van der Waals surface area contributed by atoms with Crippen LogP contribution in [0.4, 0.5) is 5.69 Å². The van der Waals surface area contributed by atoms with Crippen molar-refractivity contribution in [2.45, 2.75) is 50.2 Å². The summed E-state index contributed by atoms with van der Waals surface area (Å²) >= 11 is 12.3. The van der Waals surface area contributed by atoms with E-state index in [1.54, 1.807) is 12.3 Å². The van der Waals surface area contributed by atoms with E-state index >= 15 is 0 Å². The topological polar surface area (TPSA) is 47.9 Å². The summed E-state index contributed by atoms with van der Waals surface area (Å²) < 4.78 is 0. The van der Waals surface area contributed by atoms with Gasteiger partial charge in [0.25, 0.3) is 0 Å². The number of alkyl halides is 1. The molecule has 3 aliphatic heterocycles. The summed E-state index contributed by atoms with van der Waals surface area (Å²) in [6.07, 6.45) is 8.30. The third-order valence-corrected chi connectivity index (χ3v) is 6.42. The number of nitrogens with one attached hydrogen (secondary N) is 1. The van der Waals surface area contributed by atoms with E-state index in [4.69, 9.17) is 23.2 Å². The van der Waals surface area contributed by atoms with Crippen molar-refractivity contribution >= 4 is 40.6 Å². The van der Waals surface area contributed by atoms with E-state index < -0.39 is 0 Å². The minimum Gasteiger partial charge on any atom is -0.371 e. The van der Waals surface area contributed by atoms with Crippen molar-refractivity contribution in [2.75, 3.05) is 18.0 Å². The number of allylic oxidation sites excluding steroid dienone is 2. The summed E-state index contributed by atoms with van der Waals surface area (Å²) in [7, 11) is 0. The molecular formula is C22H26Cl2N4O. The Morgan fingerprint density at radius 1 is 1.21 bits per heavy atom. The fourth-order valence-corrected chi connectivity index (χ4v) is 4.44. The monoisotopic (exact) mass is 432 g/mol. The van der Waals surface area contributed by atoms with Gasteiger partial charge in [-0.15, -0.1) is 11.6 Å². The first-order valence-electron chi connectivity index (χ1n) is 10.2. The van der Waals surface area contributed by atoms with Crippen molar-refractivity contribution in [3.63, 3.8) is 0 Å². The van der Waals surface area contributed by atoms with E-state index in [2.05, 4.69) is 39.5 Å². The number of hydrogen-bond donors (Lipinski definition) is 1. The average Bonchev–Trinajstić information content (AvgIpc) is 3.11. The minimum atomic E-state index is -0.357. The van der Waals surface area contributed by atoms with E-state index in [9.17, 15) is 4.79 Å². The molecule has 4 rings (SSSR count). The van der Waals surface area contributed by atoms with Gasteiger partial charge in [0.2, 0.25) is 5.91 Å². The van der Waals surface area contributed by atoms with Crippen LogP contribution in [0.5, 0.6) is 0 Å². The SMILES string of the molecule is CCC1N=C2C=CC(Cl)=CN2C1C(=O)NCc1ccc(N2CCC(Cl)CC2)cc1. The Balaban J connectivity index is 1.36. The highest BCUT2D eigenvalue weighted by molar-refractivity contribution is 6.32. The van der Waals surface area contributed by atoms with Crippen LogP contribution >= 0.6 is 23.2 Å². The van der Waals surface area contributed by atoms with Gasteiger partial charge in [-0.2, -0.15) is 0 Å². The normalized spacial score (nSPS) is 24.2. The van der Waals surface area contributed by atoms with Crippen LogP contribution in [0.3, 0.4) is 0 Å². The molecule has 0 aliphatic carbocycles. The van der Waals surface area contributed by atoms with Crippen LogP contribution in [-0.2, 0) is 11.3 Å². The van der Waals surface area contributed by atoms with Gasteiger partial charge in [0.15, 0.2) is 0 Å². The number of rotatable bonds is 5. The lowest BCUT2D eigenvalue weighted by Gasteiger charge is -2.31. The van der Waals surface area contributed by atoms with Crippen molar-refractivity contribution in [1.82, 2.24) is 10.2 Å². The molecule has 2 atom stereocenters. The first-order chi connectivity index (χ1) is 14.0. The number of carbonyl (C=O) groups excluding carboxylic acids is 1. The first kappa shape index (κ1) is 20.3. The summed E-state index contributed by atoms with van der Waals surface area (Å²) in [5.74, 6) is 0.770. The molecular weight excluding hydrogens is 407 g/mol. The number of amidine groups is 1. The van der Waals surface area contributed by atoms with Gasteiger partial charge in [-0.1, -0.05) is 30.7 Å². The fourth-order valence-electron chi connectivity index (χ4n) is 4.08. The van der Waals surface area contributed by atoms with Crippen molar-refractivity contribution in [3.8, 4) is 0 Å². The maximum absolute atomic E-state index is 13.0. The van der Waals surface area contributed by atoms with Crippen LogP contribution in [0.1, 0.15) is 31.7 Å². The van der Waals surface area contributed by atoms with Crippen molar-refractivity contribution < 1.29 is 4.79 Å². The number of benzene rings is 1. The molecule has 0 spiro atoms. The summed E-state index contributed by atoms with van der Waals surface area (Å²) in [6, 6.07) is 7.98.